The Morgan fingerprint density at radius 3 is 1.53 bits per heavy atom. The number of rotatable bonds is 39. The summed E-state index contributed by atoms with van der Waals surface area (Å²) in [5.74, 6) is -0.983. The summed E-state index contributed by atoms with van der Waals surface area (Å²) >= 11 is 0. The molecule has 0 aliphatic carbocycles. The summed E-state index contributed by atoms with van der Waals surface area (Å²) in [4.78, 5) is 34.9. The van der Waals surface area contributed by atoms with Crippen molar-refractivity contribution in [1.82, 2.24) is 0 Å². The van der Waals surface area contributed by atoms with Crippen LogP contribution in [0.1, 0.15) is 181 Å². The molecule has 0 aromatic carbocycles. The maximum atomic E-state index is 12.6. The van der Waals surface area contributed by atoms with E-state index >= 15 is 0 Å². The topological polar surface area (TPSA) is 149 Å². The first-order valence-electron chi connectivity index (χ1n) is 20.9. The average Bonchev–Trinajstić information content (AvgIpc) is 3.14. The molecule has 0 heterocycles. The molecule has 3 N–H and O–H groups in total. The molecule has 0 spiro atoms. The van der Waals surface area contributed by atoms with E-state index in [-0.39, 0.29) is 19.4 Å². The van der Waals surface area contributed by atoms with Crippen molar-refractivity contribution in [3.8, 4) is 0 Å². The lowest BCUT2D eigenvalue weighted by molar-refractivity contribution is -0.161. The molecule has 3 atom stereocenters. The van der Waals surface area contributed by atoms with Gasteiger partial charge in [-0.2, -0.15) is 0 Å². The number of phosphoric acid groups is 1. The lowest BCUT2D eigenvalue weighted by Gasteiger charge is -2.20. The van der Waals surface area contributed by atoms with Crippen molar-refractivity contribution in [3.05, 3.63) is 36.5 Å². The number of aliphatic hydroxyl groups excluding tert-OH is 2. The number of hydrogen-bond donors (Lipinski definition) is 3. The monoisotopic (exact) mass is 773 g/mol. The number of allylic oxidation sites excluding steroid dienone is 6. The highest BCUT2D eigenvalue weighted by atomic mass is 31.2. The summed E-state index contributed by atoms with van der Waals surface area (Å²) in [7, 11) is -4.62. The minimum atomic E-state index is -4.62. The van der Waals surface area contributed by atoms with Crippen molar-refractivity contribution in [3.63, 3.8) is 0 Å². The number of phosphoric ester groups is 1. The molecule has 53 heavy (non-hydrogen) atoms. The Morgan fingerprint density at radius 2 is 1.00 bits per heavy atom. The van der Waals surface area contributed by atoms with Crippen molar-refractivity contribution in [2.45, 2.75) is 193 Å². The number of unbranched alkanes of at least 4 members (excludes halogenated alkanes) is 19. The van der Waals surface area contributed by atoms with E-state index in [2.05, 4.69) is 48.8 Å². The van der Waals surface area contributed by atoms with E-state index in [0.717, 1.165) is 38.5 Å². The molecule has 0 radical (unpaired) electrons. The Labute approximate surface area is 322 Å². The standard InChI is InChI=1S/C42H77O10P/c1-3-5-7-9-11-13-15-17-18-19-20-22-23-25-27-29-31-33-41(45)49-37-40(38-51-53(47,48)50-36-39(44)35-43)52-42(46)34-32-30-28-26-24-21-16-14-12-10-8-6-4-2/h17-18,20,22,25,27,39-40,43-44H,3-16,19,21,23-24,26,28-38H2,1-2H3,(H,47,48)/b18-17+,22-20+,27-25+/t39-,40+/m0/s1. The molecule has 0 rings (SSSR count). The molecule has 0 aromatic heterocycles. The molecular weight excluding hydrogens is 695 g/mol. The van der Waals surface area contributed by atoms with Gasteiger partial charge in [0.1, 0.15) is 12.7 Å². The van der Waals surface area contributed by atoms with Crippen molar-refractivity contribution < 1.29 is 47.8 Å². The summed E-state index contributed by atoms with van der Waals surface area (Å²) in [5, 5.41) is 18.3. The number of ether oxygens (including phenoxy) is 2. The van der Waals surface area contributed by atoms with Crippen LogP contribution in [-0.2, 0) is 32.7 Å². The number of carbonyl (C=O) groups is 2. The molecule has 0 saturated heterocycles. The second-order valence-electron chi connectivity index (χ2n) is 14.0. The van der Waals surface area contributed by atoms with Crippen LogP contribution in [0.4, 0.5) is 0 Å². The molecule has 0 saturated carbocycles. The van der Waals surface area contributed by atoms with Crippen LogP contribution >= 0.6 is 7.82 Å². The number of esters is 2. The van der Waals surface area contributed by atoms with Crippen LogP contribution in [0.2, 0.25) is 0 Å². The molecule has 0 amide bonds. The fourth-order valence-corrected chi connectivity index (χ4v) is 6.33. The van der Waals surface area contributed by atoms with Gasteiger partial charge in [-0.3, -0.25) is 18.6 Å². The third kappa shape index (κ3) is 38.3. The molecule has 0 aliphatic heterocycles. The minimum Gasteiger partial charge on any atom is -0.462 e. The van der Waals surface area contributed by atoms with Gasteiger partial charge in [0.15, 0.2) is 6.10 Å². The highest BCUT2D eigenvalue weighted by molar-refractivity contribution is 7.47. The van der Waals surface area contributed by atoms with Crippen molar-refractivity contribution in [1.29, 1.82) is 0 Å². The normalized spacial score (nSPS) is 14.3. The van der Waals surface area contributed by atoms with Gasteiger partial charge in [-0.1, -0.05) is 159 Å². The predicted molar refractivity (Wildman–Crippen MR) is 214 cm³/mol. The lowest BCUT2D eigenvalue weighted by atomic mass is 10.0. The van der Waals surface area contributed by atoms with Gasteiger partial charge in [-0.05, 0) is 44.9 Å². The molecule has 1 unspecified atom stereocenters. The van der Waals surface area contributed by atoms with Crippen LogP contribution in [0.3, 0.4) is 0 Å². The molecule has 310 valence electrons. The molecule has 0 bridgehead atoms. The molecule has 0 aliphatic rings. The summed E-state index contributed by atoms with van der Waals surface area (Å²) in [5.41, 5.74) is 0. The van der Waals surface area contributed by atoms with Crippen LogP contribution in [0, 0.1) is 0 Å². The van der Waals surface area contributed by atoms with Crippen molar-refractivity contribution in [2.24, 2.45) is 0 Å². The molecular formula is C42H77O10P. The Hall–Kier alpha value is -1.81. The smallest absolute Gasteiger partial charge is 0.462 e. The van der Waals surface area contributed by atoms with E-state index < -0.39 is 51.8 Å². The van der Waals surface area contributed by atoms with Gasteiger partial charge in [0, 0.05) is 12.8 Å². The Balaban J connectivity index is 4.39. The van der Waals surface area contributed by atoms with Crippen LogP contribution in [0.15, 0.2) is 36.5 Å². The third-order valence-corrected chi connectivity index (χ3v) is 9.75. The first-order chi connectivity index (χ1) is 25.7. The summed E-state index contributed by atoms with van der Waals surface area (Å²) in [6.07, 6.45) is 38.3. The van der Waals surface area contributed by atoms with Gasteiger partial charge in [0.2, 0.25) is 0 Å². The van der Waals surface area contributed by atoms with Crippen molar-refractivity contribution >= 4 is 19.8 Å². The zero-order chi connectivity index (χ0) is 39.1. The van der Waals surface area contributed by atoms with Crippen LogP contribution in [0.5, 0.6) is 0 Å². The Morgan fingerprint density at radius 1 is 0.566 bits per heavy atom. The molecule has 10 nitrogen and oxygen atoms in total. The van der Waals surface area contributed by atoms with E-state index in [4.69, 9.17) is 19.1 Å². The van der Waals surface area contributed by atoms with E-state index in [9.17, 15) is 24.2 Å². The van der Waals surface area contributed by atoms with Crippen LogP contribution in [0.25, 0.3) is 0 Å². The number of carbonyl (C=O) groups excluding carboxylic acids is 2. The van der Waals surface area contributed by atoms with Crippen LogP contribution in [-0.4, -0.2) is 65.7 Å². The fraction of sp³-hybridized carbons (Fsp3) is 0.810. The maximum Gasteiger partial charge on any atom is 0.472 e. The molecule has 0 fully saturated rings. The molecule has 0 aromatic rings. The highest BCUT2D eigenvalue weighted by Gasteiger charge is 2.27. The van der Waals surface area contributed by atoms with Gasteiger partial charge in [-0.25, -0.2) is 4.57 Å². The zero-order valence-electron chi connectivity index (χ0n) is 33.5. The number of hydrogen-bond acceptors (Lipinski definition) is 9. The second kappa shape index (κ2) is 38.5. The maximum absolute atomic E-state index is 12.6. The minimum absolute atomic E-state index is 0.171. The Kier molecular flexibility index (Phi) is 37.2. The first-order valence-corrected chi connectivity index (χ1v) is 22.4. The predicted octanol–water partition coefficient (Wildman–Crippen LogP) is 10.8. The van der Waals surface area contributed by atoms with E-state index in [1.807, 2.05) is 6.08 Å². The second-order valence-corrected chi connectivity index (χ2v) is 15.5. The van der Waals surface area contributed by atoms with Gasteiger partial charge in [0.05, 0.1) is 19.8 Å². The van der Waals surface area contributed by atoms with Crippen molar-refractivity contribution in [2.75, 3.05) is 26.4 Å². The number of aliphatic hydroxyl groups is 2. The van der Waals surface area contributed by atoms with Gasteiger partial charge >= 0.3 is 19.8 Å². The molecule has 11 heteroatoms. The van der Waals surface area contributed by atoms with E-state index in [0.29, 0.717) is 19.3 Å². The largest absolute Gasteiger partial charge is 0.472 e. The summed E-state index contributed by atoms with van der Waals surface area (Å²) in [6, 6.07) is 0. The quantitative estimate of drug-likeness (QED) is 0.0238. The average molecular weight is 773 g/mol. The highest BCUT2D eigenvalue weighted by Crippen LogP contribution is 2.43. The van der Waals surface area contributed by atoms with Gasteiger partial charge < -0.3 is 24.6 Å². The van der Waals surface area contributed by atoms with Gasteiger partial charge in [-0.15, -0.1) is 0 Å². The lowest BCUT2D eigenvalue weighted by Crippen LogP contribution is -2.29. The fourth-order valence-electron chi connectivity index (χ4n) is 5.54. The van der Waals surface area contributed by atoms with E-state index in [1.165, 1.54) is 96.3 Å². The van der Waals surface area contributed by atoms with E-state index in [1.54, 1.807) is 0 Å². The van der Waals surface area contributed by atoms with Crippen LogP contribution < -0.4 is 0 Å². The summed E-state index contributed by atoms with van der Waals surface area (Å²) in [6.45, 7) is 2.31. The first kappa shape index (κ1) is 51.2. The van der Waals surface area contributed by atoms with Gasteiger partial charge in [0.25, 0.3) is 0 Å². The summed E-state index contributed by atoms with van der Waals surface area (Å²) < 4.78 is 32.6. The third-order valence-electron chi connectivity index (χ3n) is 8.80. The Bertz CT molecular complexity index is 983. The zero-order valence-corrected chi connectivity index (χ0v) is 34.4. The SMILES string of the molecule is CCCCCCCC/C=C/C/C=C/C/C=C/CCCC(=O)OC[C@H](COP(=O)(O)OC[C@@H](O)CO)OC(=O)CCCCCCCCCCCCCCC.